The third-order valence-corrected chi connectivity index (χ3v) is 4.39. The minimum Gasteiger partial charge on any atom is -0.403 e. The van der Waals surface area contributed by atoms with Gasteiger partial charge < -0.3 is 4.42 Å². The van der Waals surface area contributed by atoms with Crippen LogP contribution in [0.3, 0.4) is 0 Å². The van der Waals surface area contributed by atoms with Gasteiger partial charge in [0.15, 0.2) is 9.84 Å². The Morgan fingerprint density at radius 1 is 1.12 bits per heavy atom. The molecule has 0 atom stereocenters. The molecule has 0 aliphatic carbocycles. The Labute approximate surface area is 142 Å². The van der Waals surface area contributed by atoms with E-state index in [4.69, 9.17) is 4.42 Å². The quantitative estimate of drug-likeness (QED) is 0.766. The average molecular weight is 361 g/mol. The largest absolute Gasteiger partial charge is 0.403 e. The standard InChI is InChI=1S/C16H12FN3O4S/c1-25(22,23)13-7-5-10(6-8-13)15-19-20-16(24-15)18-14(21)11-3-2-4-12(17)9-11/h2-9H,1H3,(H,18,20,21). The van der Waals surface area contributed by atoms with Crippen molar-refractivity contribution >= 4 is 21.8 Å². The zero-order valence-corrected chi connectivity index (χ0v) is 13.7. The Morgan fingerprint density at radius 3 is 2.48 bits per heavy atom. The number of benzene rings is 2. The second-order valence-corrected chi connectivity index (χ2v) is 7.19. The number of rotatable bonds is 4. The van der Waals surface area contributed by atoms with Crippen LogP contribution in [0.1, 0.15) is 10.4 Å². The van der Waals surface area contributed by atoms with Crippen molar-refractivity contribution in [2.45, 2.75) is 4.90 Å². The summed E-state index contributed by atoms with van der Waals surface area (Å²) >= 11 is 0. The molecule has 3 rings (SSSR count). The van der Waals surface area contributed by atoms with Gasteiger partial charge in [-0.3, -0.25) is 10.1 Å². The van der Waals surface area contributed by atoms with Crippen LogP contribution in [0, 0.1) is 5.82 Å². The normalized spacial score (nSPS) is 11.3. The molecule has 0 saturated carbocycles. The van der Waals surface area contributed by atoms with Crippen LogP contribution in [0.25, 0.3) is 11.5 Å². The smallest absolute Gasteiger partial charge is 0.322 e. The van der Waals surface area contributed by atoms with Gasteiger partial charge in [0.25, 0.3) is 5.91 Å². The van der Waals surface area contributed by atoms with Crippen LogP contribution in [-0.2, 0) is 9.84 Å². The molecule has 2 aromatic carbocycles. The molecule has 1 aromatic heterocycles. The van der Waals surface area contributed by atoms with Crippen molar-refractivity contribution < 1.29 is 22.0 Å². The number of hydrogen-bond acceptors (Lipinski definition) is 6. The lowest BCUT2D eigenvalue weighted by molar-refractivity contribution is 0.102. The highest BCUT2D eigenvalue weighted by molar-refractivity contribution is 7.90. The Balaban J connectivity index is 1.77. The zero-order chi connectivity index (χ0) is 18.0. The van der Waals surface area contributed by atoms with Gasteiger partial charge in [0.05, 0.1) is 4.90 Å². The number of hydrogen-bond donors (Lipinski definition) is 1. The van der Waals surface area contributed by atoms with Crippen molar-refractivity contribution in [2.24, 2.45) is 0 Å². The van der Waals surface area contributed by atoms with E-state index in [0.29, 0.717) is 5.56 Å². The lowest BCUT2D eigenvalue weighted by Gasteiger charge is -2.00. The maximum absolute atomic E-state index is 13.1. The summed E-state index contributed by atoms with van der Waals surface area (Å²) in [4.78, 5) is 12.2. The summed E-state index contributed by atoms with van der Waals surface area (Å²) in [5.74, 6) is -1.03. The summed E-state index contributed by atoms with van der Waals surface area (Å²) in [5, 5.41) is 9.85. The number of nitrogens with one attached hydrogen (secondary N) is 1. The average Bonchev–Trinajstić information content (AvgIpc) is 3.02. The highest BCUT2D eigenvalue weighted by atomic mass is 32.2. The molecule has 0 radical (unpaired) electrons. The lowest BCUT2D eigenvalue weighted by Crippen LogP contribution is -2.12. The first-order valence-electron chi connectivity index (χ1n) is 7.04. The molecule has 9 heteroatoms. The van der Waals surface area contributed by atoms with E-state index >= 15 is 0 Å². The van der Waals surface area contributed by atoms with Crippen molar-refractivity contribution in [1.82, 2.24) is 10.2 Å². The Kier molecular flexibility index (Phi) is 4.32. The summed E-state index contributed by atoms with van der Waals surface area (Å²) in [7, 11) is -3.30. The number of amides is 1. The van der Waals surface area contributed by atoms with Crippen LogP contribution in [0.2, 0.25) is 0 Å². The van der Waals surface area contributed by atoms with Gasteiger partial charge in [-0.1, -0.05) is 11.2 Å². The molecule has 128 valence electrons. The third kappa shape index (κ3) is 3.89. The monoisotopic (exact) mass is 361 g/mol. The number of carbonyl (C=O) groups excluding carboxylic acids is 1. The number of halogens is 1. The van der Waals surface area contributed by atoms with Crippen LogP contribution in [0.15, 0.2) is 57.8 Å². The summed E-state index contributed by atoms with van der Waals surface area (Å²) in [6.07, 6.45) is 1.11. The molecule has 25 heavy (non-hydrogen) atoms. The van der Waals surface area contributed by atoms with Crippen LogP contribution < -0.4 is 5.32 Å². The van der Waals surface area contributed by atoms with E-state index in [9.17, 15) is 17.6 Å². The first-order valence-corrected chi connectivity index (χ1v) is 8.93. The topological polar surface area (TPSA) is 102 Å². The molecule has 0 fully saturated rings. The second-order valence-electron chi connectivity index (χ2n) is 5.17. The van der Waals surface area contributed by atoms with E-state index in [0.717, 1.165) is 12.3 Å². The maximum Gasteiger partial charge on any atom is 0.322 e. The molecular weight excluding hydrogens is 349 g/mol. The van der Waals surface area contributed by atoms with Gasteiger partial charge in [-0.25, -0.2) is 12.8 Å². The van der Waals surface area contributed by atoms with E-state index in [1.165, 1.54) is 42.5 Å². The Morgan fingerprint density at radius 2 is 1.84 bits per heavy atom. The number of carbonyl (C=O) groups is 1. The molecule has 7 nitrogen and oxygen atoms in total. The minimum absolute atomic E-state index is 0.106. The minimum atomic E-state index is -3.30. The van der Waals surface area contributed by atoms with E-state index in [-0.39, 0.29) is 22.4 Å². The fraction of sp³-hybridized carbons (Fsp3) is 0.0625. The zero-order valence-electron chi connectivity index (χ0n) is 12.9. The van der Waals surface area contributed by atoms with Crippen molar-refractivity contribution in [1.29, 1.82) is 0 Å². The van der Waals surface area contributed by atoms with Gasteiger partial charge in [0, 0.05) is 17.4 Å². The predicted molar refractivity (Wildman–Crippen MR) is 87.2 cm³/mol. The lowest BCUT2D eigenvalue weighted by atomic mass is 10.2. The fourth-order valence-corrected chi connectivity index (χ4v) is 2.66. The van der Waals surface area contributed by atoms with Crippen LogP contribution in [-0.4, -0.2) is 30.8 Å². The first-order chi connectivity index (χ1) is 11.8. The number of anilines is 1. The van der Waals surface area contributed by atoms with Gasteiger partial charge in [-0.2, -0.15) is 0 Å². The summed E-state index contributed by atoms with van der Waals surface area (Å²) < 4.78 is 41.3. The third-order valence-electron chi connectivity index (χ3n) is 3.26. The molecule has 3 aromatic rings. The second kappa shape index (κ2) is 6.44. The van der Waals surface area contributed by atoms with Crippen LogP contribution in [0.5, 0.6) is 0 Å². The van der Waals surface area contributed by atoms with E-state index in [1.807, 2.05) is 0 Å². The molecule has 0 aliphatic rings. The van der Waals surface area contributed by atoms with Crippen molar-refractivity contribution in [3.05, 3.63) is 59.9 Å². The van der Waals surface area contributed by atoms with Gasteiger partial charge >= 0.3 is 6.01 Å². The molecule has 1 amide bonds. The molecule has 1 N–H and O–H groups in total. The number of aromatic nitrogens is 2. The van der Waals surface area contributed by atoms with Crippen molar-refractivity contribution in [2.75, 3.05) is 11.6 Å². The van der Waals surface area contributed by atoms with Crippen LogP contribution >= 0.6 is 0 Å². The predicted octanol–water partition coefficient (Wildman–Crippen LogP) is 2.53. The fourth-order valence-electron chi connectivity index (χ4n) is 2.03. The summed E-state index contributed by atoms with van der Waals surface area (Å²) in [6, 6.07) is 10.9. The number of nitrogens with zero attached hydrogens (tertiary/aromatic N) is 2. The molecule has 0 bridgehead atoms. The number of sulfone groups is 1. The maximum atomic E-state index is 13.1. The molecule has 0 unspecified atom stereocenters. The highest BCUT2D eigenvalue weighted by Crippen LogP contribution is 2.22. The molecule has 1 heterocycles. The van der Waals surface area contributed by atoms with Crippen LogP contribution in [0.4, 0.5) is 10.4 Å². The van der Waals surface area contributed by atoms with Gasteiger partial charge in [0.1, 0.15) is 5.82 Å². The summed E-state index contributed by atoms with van der Waals surface area (Å²) in [6.45, 7) is 0. The molecular formula is C16H12FN3O4S. The SMILES string of the molecule is CS(=O)(=O)c1ccc(-c2nnc(NC(=O)c3cccc(F)c3)o2)cc1. The van der Waals surface area contributed by atoms with E-state index in [2.05, 4.69) is 15.5 Å². The Hall–Kier alpha value is -3.07. The molecule has 0 aliphatic heterocycles. The van der Waals surface area contributed by atoms with Gasteiger partial charge in [-0.15, -0.1) is 5.10 Å². The summed E-state index contributed by atoms with van der Waals surface area (Å²) in [5.41, 5.74) is 0.600. The van der Waals surface area contributed by atoms with Crippen molar-refractivity contribution in [3.8, 4) is 11.5 Å². The van der Waals surface area contributed by atoms with Crippen molar-refractivity contribution in [3.63, 3.8) is 0 Å². The molecule has 0 spiro atoms. The Bertz CT molecular complexity index is 1030. The first kappa shape index (κ1) is 16.8. The van der Waals surface area contributed by atoms with E-state index in [1.54, 1.807) is 0 Å². The highest BCUT2D eigenvalue weighted by Gasteiger charge is 2.14. The molecule has 0 saturated heterocycles. The van der Waals surface area contributed by atoms with Gasteiger partial charge in [-0.05, 0) is 42.5 Å². The van der Waals surface area contributed by atoms with Gasteiger partial charge in [0.2, 0.25) is 5.89 Å². The van der Waals surface area contributed by atoms with E-state index < -0.39 is 21.6 Å².